The van der Waals surface area contributed by atoms with E-state index in [1.54, 1.807) is 6.92 Å². The van der Waals surface area contributed by atoms with Crippen LogP contribution in [0, 0.1) is 10.1 Å². The molecular formula is C11H9N3O4. The third-order valence-corrected chi connectivity index (χ3v) is 2.48. The van der Waals surface area contributed by atoms with Crippen molar-refractivity contribution in [1.29, 1.82) is 0 Å². The summed E-state index contributed by atoms with van der Waals surface area (Å²) in [6.07, 6.45) is 1.36. The van der Waals surface area contributed by atoms with Crippen LogP contribution in [0.1, 0.15) is 12.5 Å². The fourth-order valence-corrected chi connectivity index (χ4v) is 1.52. The van der Waals surface area contributed by atoms with Gasteiger partial charge in [0.1, 0.15) is 5.75 Å². The van der Waals surface area contributed by atoms with Crippen LogP contribution in [-0.2, 0) is 4.79 Å². The first-order valence-electron chi connectivity index (χ1n) is 5.03. The minimum Gasteiger partial charge on any atom is -0.507 e. The molecule has 0 fully saturated rings. The van der Waals surface area contributed by atoms with Crippen LogP contribution in [0.5, 0.6) is 5.75 Å². The Morgan fingerprint density at radius 2 is 2.22 bits per heavy atom. The van der Waals surface area contributed by atoms with Crippen LogP contribution < -0.4 is 5.43 Å². The number of amides is 1. The number of phenolic OH excluding ortho intramolecular Hbond substituents is 1. The van der Waals surface area contributed by atoms with Crippen molar-refractivity contribution in [1.82, 2.24) is 5.43 Å². The molecule has 7 heteroatoms. The number of non-ortho nitro benzene ring substituents is 1. The standard InChI is InChI=1S/C11H9N3O4/c1-6-9(11(16)13-12-6)5-7-4-8(14(17)18)2-3-10(7)15/h2-5,15H,1H3,(H,13,16). The summed E-state index contributed by atoms with van der Waals surface area (Å²) in [5.74, 6) is -0.543. The number of nitro groups is 1. The molecule has 0 radical (unpaired) electrons. The normalized spacial score (nSPS) is 16.6. The Bertz CT molecular complexity index is 604. The Hall–Kier alpha value is -2.70. The molecule has 0 unspecified atom stereocenters. The molecule has 2 rings (SSSR count). The summed E-state index contributed by atoms with van der Waals surface area (Å²) >= 11 is 0. The molecular weight excluding hydrogens is 238 g/mol. The summed E-state index contributed by atoms with van der Waals surface area (Å²) in [6, 6.07) is 3.60. The lowest BCUT2D eigenvalue weighted by Crippen LogP contribution is -2.12. The predicted octanol–water partition coefficient (Wildman–Crippen LogP) is 1.19. The first kappa shape index (κ1) is 11.8. The van der Waals surface area contributed by atoms with E-state index in [-0.39, 0.29) is 22.6 Å². The highest BCUT2D eigenvalue weighted by atomic mass is 16.6. The number of carbonyl (C=O) groups is 1. The van der Waals surface area contributed by atoms with Gasteiger partial charge >= 0.3 is 0 Å². The SMILES string of the molecule is CC1=NNC(=O)C1=Cc1cc([N+](=O)[O-])ccc1O. The molecule has 0 aromatic heterocycles. The van der Waals surface area contributed by atoms with E-state index >= 15 is 0 Å². The summed E-state index contributed by atoms with van der Waals surface area (Å²) in [4.78, 5) is 21.5. The number of hydrazone groups is 1. The van der Waals surface area contributed by atoms with Crippen LogP contribution in [0.15, 0.2) is 28.9 Å². The molecule has 2 N–H and O–H groups in total. The van der Waals surface area contributed by atoms with E-state index in [1.165, 1.54) is 24.3 Å². The second-order valence-corrected chi connectivity index (χ2v) is 3.70. The van der Waals surface area contributed by atoms with Crippen molar-refractivity contribution >= 4 is 23.4 Å². The van der Waals surface area contributed by atoms with Gasteiger partial charge in [0.25, 0.3) is 11.6 Å². The third kappa shape index (κ3) is 2.05. The van der Waals surface area contributed by atoms with Gasteiger partial charge in [-0.25, -0.2) is 5.43 Å². The summed E-state index contributed by atoms with van der Waals surface area (Å²) < 4.78 is 0. The minimum absolute atomic E-state index is 0.138. The van der Waals surface area contributed by atoms with Gasteiger partial charge in [0, 0.05) is 17.7 Å². The van der Waals surface area contributed by atoms with Crippen molar-refractivity contribution < 1.29 is 14.8 Å². The van der Waals surface area contributed by atoms with Gasteiger partial charge < -0.3 is 5.11 Å². The van der Waals surface area contributed by atoms with Gasteiger partial charge in [-0.1, -0.05) is 0 Å². The fraction of sp³-hybridized carbons (Fsp3) is 0.0909. The monoisotopic (exact) mass is 247 g/mol. The van der Waals surface area contributed by atoms with Crippen LogP contribution in [0.25, 0.3) is 6.08 Å². The molecule has 1 aromatic rings. The zero-order chi connectivity index (χ0) is 13.3. The van der Waals surface area contributed by atoms with Crippen LogP contribution in [-0.4, -0.2) is 21.6 Å². The molecule has 18 heavy (non-hydrogen) atoms. The second kappa shape index (κ2) is 4.28. The molecule has 0 saturated carbocycles. The Morgan fingerprint density at radius 1 is 1.50 bits per heavy atom. The largest absolute Gasteiger partial charge is 0.507 e. The molecule has 1 aromatic carbocycles. The molecule has 0 atom stereocenters. The van der Waals surface area contributed by atoms with Gasteiger partial charge in [0.15, 0.2) is 0 Å². The Morgan fingerprint density at radius 3 is 2.78 bits per heavy atom. The highest BCUT2D eigenvalue weighted by Gasteiger charge is 2.19. The average molecular weight is 247 g/mol. The predicted molar refractivity (Wildman–Crippen MR) is 64.0 cm³/mol. The maximum absolute atomic E-state index is 11.4. The summed E-state index contributed by atoms with van der Waals surface area (Å²) in [7, 11) is 0. The van der Waals surface area contributed by atoms with Crippen molar-refractivity contribution in [3.8, 4) is 5.75 Å². The second-order valence-electron chi connectivity index (χ2n) is 3.70. The van der Waals surface area contributed by atoms with Crippen LogP contribution in [0.4, 0.5) is 5.69 Å². The van der Waals surface area contributed by atoms with Crippen molar-refractivity contribution in [2.24, 2.45) is 5.10 Å². The lowest BCUT2D eigenvalue weighted by atomic mass is 10.1. The number of aromatic hydroxyl groups is 1. The third-order valence-electron chi connectivity index (χ3n) is 2.48. The lowest BCUT2D eigenvalue weighted by molar-refractivity contribution is -0.384. The van der Waals surface area contributed by atoms with Gasteiger partial charge in [0.2, 0.25) is 0 Å². The summed E-state index contributed by atoms with van der Waals surface area (Å²) in [5.41, 5.74) is 3.03. The molecule has 92 valence electrons. The van der Waals surface area contributed by atoms with Gasteiger partial charge in [-0.05, 0) is 19.1 Å². The number of nitro benzene ring substituents is 1. The van der Waals surface area contributed by atoms with Gasteiger partial charge in [0.05, 0.1) is 16.2 Å². The Balaban J connectivity index is 2.48. The van der Waals surface area contributed by atoms with Crippen LogP contribution in [0.3, 0.4) is 0 Å². The minimum atomic E-state index is -0.572. The number of hydrogen-bond acceptors (Lipinski definition) is 5. The first-order chi connectivity index (χ1) is 8.49. The van der Waals surface area contributed by atoms with E-state index in [2.05, 4.69) is 10.5 Å². The Kier molecular flexibility index (Phi) is 2.80. The van der Waals surface area contributed by atoms with Crippen molar-refractivity contribution in [2.45, 2.75) is 6.92 Å². The van der Waals surface area contributed by atoms with Gasteiger partial charge in [-0.15, -0.1) is 0 Å². The van der Waals surface area contributed by atoms with Crippen molar-refractivity contribution in [3.63, 3.8) is 0 Å². The highest BCUT2D eigenvalue weighted by molar-refractivity contribution is 6.26. The molecule has 1 aliphatic rings. The molecule has 7 nitrogen and oxygen atoms in total. The highest BCUT2D eigenvalue weighted by Crippen LogP contribution is 2.26. The maximum Gasteiger partial charge on any atom is 0.273 e. The van der Waals surface area contributed by atoms with E-state index < -0.39 is 10.8 Å². The fourth-order valence-electron chi connectivity index (χ4n) is 1.52. The number of benzene rings is 1. The van der Waals surface area contributed by atoms with E-state index in [0.29, 0.717) is 5.71 Å². The number of rotatable bonds is 2. The molecule has 0 spiro atoms. The molecule has 0 bridgehead atoms. The zero-order valence-electron chi connectivity index (χ0n) is 9.38. The molecule has 1 amide bonds. The number of phenols is 1. The molecule has 0 saturated heterocycles. The first-order valence-corrected chi connectivity index (χ1v) is 5.03. The lowest BCUT2D eigenvalue weighted by Gasteiger charge is -2.00. The van der Waals surface area contributed by atoms with E-state index in [9.17, 15) is 20.0 Å². The number of nitrogens with one attached hydrogen (secondary N) is 1. The van der Waals surface area contributed by atoms with E-state index in [0.717, 1.165) is 0 Å². The molecule has 0 aliphatic carbocycles. The summed E-state index contributed by atoms with van der Waals surface area (Å²) in [5, 5.41) is 24.0. The van der Waals surface area contributed by atoms with Crippen LogP contribution in [0.2, 0.25) is 0 Å². The number of carbonyl (C=O) groups excluding carboxylic acids is 1. The molecule has 1 aliphatic heterocycles. The summed E-state index contributed by atoms with van der Waals surface area (Å²) in [6.45, 7) is 1.62. The van der Waals surface area contributed by atoms with Crippen molar-refractivity contribution in [2.75, 3.05) is 0 Å². The van der Waals surface area contributed by atoms with E-state index in [4.69, 9.17) is 0 Å². The smallest absolute Gasteiger partial charge is 0.273 e. The Labute approximate surface area is 102 Å². The van der Waals surface area contributed by atoms with Crippen molar-refractivity contribution in [3.05, 3.63) is 39.4 Å². The van der Waals surface area contributed by atoms with Gasteiger partial charge in [-0.2, -0.15) is 5.10 Å². The number of hydrogen-bond donors (Lipinski definition) is 2. The quantitative estimate of drug-likeness (QED) is 0.465. The number of nitrogens with zero attached hydrogens (tertiary/aromatic N) is 2. The maximum atomic E-state index is 11.4. The average Bonchev–Trinajstić information content (AvgIpc) is 2.63. The zero-order valence-corrected chi connectivity index (χ0v) is 9.38. The van der Waals surface area contributed by atoms with E-state index in [1.807, 2.05) is 0 Å². The van der Waals surface area contributed by atoms with Crippen LogP contribution >= 0.6 is 0 Å². The van der Waals surface area contributed by atoms with Gasteiger partial charge in [-0.3, -0.25) is 14.9 Å². The molecule has 1 heterocycles. The topological polar surface area (TPSA) is 105 Å².